The van der Waals surface area contributed by atoms with Gasteiger partial charge in [-0.1, -0.05) is 0 Å². The summed E-state index contributed by atoms with van der Waals surface area (Å²) in [6.07, 6.45) is 0.250. The highest BCUT2D eigenvalue weighted by atomic mass is 32.1. The quantitative estimate of drug-likeness (QED) is 0.907. The zero-order valence-corrected chi connectivity index (χ0v) is 14.3. The van der Waals surface area contributed by atoms with Crippen molar-refractivity contribution in [1.82, 2.24) is 20.1 Å². The van der Waals surface area contributed by atoms with Gasteiger partial charge in [0.15, 0.2) is 0 Å². The zero-order chi connectivity index (χ0) is 17.4. The molecule has 4 rings (SSSR count). The monoisotopic (exact) mass is 360 g/mol. The maximum atomic E-state index is 13.0. The number of urea groups is 1. The summed E-state index contributed by atoms with van der Waals surface area (Å²) in [5.41, 5.74) is 1.59. The molecule has 2 aromatic rings. The minimum absolute atomic E-state index is 0.0269. The van der Waals surface area contributed by atoms with Crippen LogP contribution in [-0.4, -0.2) is 58.9 Å². The second-order valence-electron chi connectivity index (χ2n) is 6.18. The van der Waals surface area contributed by atoms with Crippen LogP contribution in [0.1, 0.15) is 5.01 Å². The van der Waals surface area contributed by atoms with Gasteiger partial charge < -0.3 is 15.1 Å². The largest absolute Gasteiger partial charge is 0.338 e. The van der Waals surface area contributed by atoms with Crippen molar-refractivity contribution >= 4 is 23.3 Å². The van der Waals surface area contributed by atoms with Crippen molar-refractivity contribution in [2.24, 2.45) is 0 Å². The van der Waals surface area contributed by atoms with E-state index in [4.69, 9.17) is 0 Å². The Balaban J connectivity index is 1.40. The molecule has 0 bridgehead atoms. The molecule has 1 N–H and O–H groups in total. The van der Waals surface area contributed by atoms with Gasteiger partial charge in [-0.25, -0.2) is 14.2 Å². The number of thiazole rings is 1. The van der Waals surface area contributed by atoms with Gasteiger partial charge in [-0.3, -0.25) is 4.79 Å². The van der Waals surface area contributed by atoms with Gasteiger partial charge in [0.25, 0.3) is 0 Å². The first-order chi connectivity index (χ1) is 12.1. The van der Waals surface area contributed by atoms with Gasteiger partial charge in [-0.05, 0) is 24.3 Å². The van der Waals surface area contributed by atoms with Gasteiger partial charge in [-0.15, -0.1) is 11.3 Å². The van der Waals surface area contributed by atoms with Crippen molar-refractivity contribution in [2.75, 3.05) is 26.2 Å². The minimum Gasteiger partial charge on any atom is -0.338 e. The average Bonchev–Trinajstić information content (AvgIpc) is 3.22. The van der Waals surface area contributed by atoms with Gasteiger partial charge >= 0.3 is 6.03 Å². The zero-order valence-electron chi connectivity index (χ0n) is 13.4. The molecule has 2 saturated heterocycles. The molecule has 1 aromatic carbocycles. The normalized spacial score (nSPS) is 19.7. The van der Waals surface area contributed by atoms with Gasteiger partial charge in [-0.2, -0.15) is 0 Å². The van der Waals surface area contributed by atoms with Crippen molar-refractivity contribution < 1.29 is 14.0 Å². The summed E-state index contributed by atoms with van der Waals surface area (Å²) in [5, 5.41) is 5.43. The Kier molecular flexibility index (Phi) is 4.12. The van der Waals surface area contributed by atoms with Crippen molar-refractivity contribution in [2.45, 2.75) is 12.5 Å². The Morgan fingerprint density at radius 3 is 2.92 bits per heavy atom. The smallest absolute Gasteiger partial charge is 0.317 e. The summed E-state index contributed by atoms with van der Waals surface area (Å²) in [6, 6.07) is 6.18. The van der Waals surface area contributed by atoms with Crippen LogP contribution in [0, 0.1) is 5.82 Å². The van der Waals surface area contributed by atoms with E-state index in [1.807, 2.05) is 5.38 Å². The lowest BCUT2D eigenvalue weighted by atomic mass is 10.2. The second-order valence-corrected chi connectivity index (χ2v) is 7.13. The maximum absolute atomic E-state index is 13.0. The second kappa shape index (κ2) is 6.44. The highest BCUT2D eigenvalue weighted by molar-refractivity contribution is 7.10. The first-order valence-corrected chi connectivity index (χ1v) is 9.01. The van der Waals surface area contributed by atoms with E-state index in [1.165, 1.54) is 23.5 Å². The Labute approximate surface area is 148 Å². The van der Waals surface area contributed by atoms with Crippen LogP contribution in [0.4, 0.5) is 9.18 Å². The third-order valence-electron chi connectivity index (χ3n) is 4.58. The van der Waals surface area contributed by atoms with E-state index in [0.717, 1.165) is 16.3 Å². The van der Waals surface area contributed by atoms with Crippen LogP contribution in [-0.2, 0) is 11.2 Å². The van der Waals surface area contributed by atoms with Crippen LogP contribution in [0.2, 0.25) is 0 Å². The van der Waals surface area contributed by atoms with Crippen molar-refractivity contribution in [3.63, 3.8) is 0 Å². The van der Waals surface area contributed by atoms with Crippen LogP contribution in [0.5, 0.6) is 0 Å². The number of nitrogens with zero attached hydrogens (tertiary/aromatic N) is 3. The highest BCUT2D eigenvalue weighted by Gasteiger charge is 2.36. The molecule has 3 amide bonds. The summed E-state index contributed by atoms with van der Waals surface area (Å²) >= 11 is 1.43. The van der Waals surface area contributed by atoms with E-state index in [9.17, 15) is 14.0 Å². The fourth-order valence-electron chi connectivity index (χ4n) is 3.22. The predicted octanol–water partition coefficient (Wildman–Crippen LogP) is 1.73. The van der Waals surface area contributed by atoms with E-state index in [-0.39, 0.29) is 30.2 Å². The number of hydrogen-bond acceptors (Lipinski definition) is 4. The van der Waals surface area contributed by atoms with Crippen LogP contribution < -0.4 is 5.32 Å². The molecule has 3 heterocycles. The Hall–Kier alpha value is -2.48. The number of fused-ring (bicyclic) bond motifs is 1. The summed E-state index contributed by atoms with van der Waals surface area (Å²) in [7, 11) is 0. The van der Waals surface area contributed by atoms with E-state index in [2.05, 4.69) is 10.3 Å². The molecule has 0 aliphatic carbocycles. The number of benzene rings is 1. The SMILES string of the molecule is O=C(Cc1nc(-c2ccc(F)cc2)cs1)N1CCN2C(=O)NC[C@@H]2C1. The Bertz CT molecular complexity index is 807. The van der Waals surface area contributed by atoms with Crippen LogP contribution in [0.3, 0.4) is 0 Å². The molecule has 8 heteroatoms. The van der Waals surface area contributed by atoms with Crippen LogP contribution >= 0.6 is 11.3 Å². The lowest BCUT2D eigenvalue weighted by Gasteiger charge is -2.36. The molecule has 25 heavy (non-hydrogen) atoms. The number of nitrogens with one attached hydrogen (secondary N) is 1. The number of carbonyl (C=O) groups is 2. The minimum atomic E-state index is -0.284. The fourth-order valence-corrected chi connectivity index (χ4v) is 4.01. The summed E-state index contributed by atoms with van der Waals surface area (Å²) in [4.78, 5) is 32.3. The molecule has 0 saturated carbocycles. The van der Waals surface area contributed by atoms with Crippen molar-refractivity contribution in [3.8, 4) is 11.3 Å². The molecule has 6 nitrogen and oxygen atoms in total. The van der Waals surface area contributed by atoms with Crippen LogP contribution in [0.25, 0.3) is 11.3 Å². The number of amides is 3. The van der Waals surface area contributed by atoms with Crippen LogP contribution in [0.15, 0.2) is 29.6 Å². The lowest BCUT2D eigenvalue weighted by molar-refractivity contribution is -0.132. The molecular formula is C17H17FN4O2S. The molecule has 2 fully saturated rings. The fraction of sp³-hybridized carbons (Fsp3) is 0.353. The Morgan fingerprint density at radius 1 is 1.32 bits per heavy atom. The third-order valence-corrected chi connectivity index (χ3v) is 5.43. The Morgan fingerprint density at radius 2 is 2.12 bits per heavy atom. The van der Waals surface area contributed by atoms with Gasteiger partial charge in [0.05, 0.1) is 18.2 Å². The maximum Gasteiger partial charge on any atom is 0.317 e. The van der Waals surface area contributed by atoms with Gasteiger partial charge in [0.2, 0.25) is 5.91 Å². The molecule has 0 unspecified atom stereocenters. The third kappa shape index (κ3) is 3.21. The number of piperazine rings is 1. The molecule has 130 valence electrons. The summed E-state index contributed by atoms with van der Waals surface area (Å²) in [5.74, 6) is -0.257. The molecule has 1 aromatic heterocycles. The molecule has 2 aliphatic heterocycles. The van der Waals surface area contributed by atoms with Crippen molar-refractivity contribution in [3.05, 3.63) is 40.5 Å². The molecule has 1 atom stereocenters. The molecular weight excluding hydrogens is 343 g/mol. The average molecular weight is 360 g/mol. The molecule has 0 radical (unpaired) electrons. The first-order valence-electron chi connectivity index (χ1n) is 8.13. The molecule has 0 spiro atoms. The standard InChI is InChI=1S/C17H17FN4O2S/c18-12-3-1-11(2-4-12)14-10-25-15(20-14)7-16(23)21-5-6-22-13(9-21)8-19-17(22)24/h1-4,10,13H,5-9H2,(H,19,24)/t13-/m1/s1. The number of halogens is 1. The predicted molar refractivity (Wildman–Crippen MR) is 91.7 cm³/mol. The number of carbonyl (C=O) groups excluding carboxylic acids is 2. The molecule has 2 aliphatic rings. The van der Waals surface area contributed by atoms with E-state index in [1.54, 1.807) is 21.9 Å². The highest BCUT2D eigenvalue weighted by Crippen LogP contribution is 2.23. The van der Waals surface area contributed by atoms with Gasteiger partial charge in [0.1, 0.15) is 10.8 Å². The number of hydrogen-bond donors (Lipinski definition) is 1. The van der Waals surface area contributed by atoms with E-state index in [0.29, 0.717) is 26.2 Å². The number of rotatable bonds is 3. The lowest BCUT2D eigenvalue weighted by Crippen LogP contribution is -2.54. The van der Waals surface area contributed by atoms with Gasteiger partial charge in [0, 0.05) is 37.1 Å². The summed E-state index contributed by atoms with van der Waals surface area (Å²) < 4.78 is 13.0. The van der Waals surface area contributed by atoms with E-state index < -0.39 is 0 Å². The number of aromatic nitrogens is 1. The summed E-state index contributed by atoms with van der Waals surface area (Å²) in [6.45, 7) is 2.28. The topological polar surface area (TPSA) is 65.5 Å². The van der Waals surface area contributed by atoms with E-state index >= 15 is 0 Å². The van der Waals surface area contributed by atoms with Crippen molar-refractivity contribution in [1.29, 1.82) is 0 Å². The first kappa shape index (κ1) is 16.0.